The van der Waals surface area contributed by atoms with Crippen LogP contribution in [0, 0.1) is 6.92 Å². The van der Waals surface area contributed by atoms with Gasteiger partial charge in [-0.1, -0.05) is 158 Å². The molecule has 0 atom stereocenters. The molecule has 3 heteroatoms. The number of carbonyl (C=O) groups excluding carboxylic acids is 1. The van der Waals surface area contributed by atoms with Gasteiger partial charge in [0.1, 0.15) is 12.4 Å². The summed E-state index contributed by atoms with van der Waals surface area (Å²) in [6.45, 7) is 5.33. The van der Waals surface area contributed by atoms with Crippen LogP contribution in [0.4, 0.5) is 0 Å². The zero-order chi connectivity index (χ0) is 32.2. The highest BCUT2D eigenvalue weighted by Crippen LogP contribution is 2.25. The maximum absolute atomic E-state index is 12.8. The lowest BCUT2D eigenvalue weighted by Gasteiger charge is -2.11. The van der Waals surface area contributed by atoms with E-state index in [0.717, 1.165) is 41.0 Å². The standard InChI is InChI=1S/C43H56O3/c1-3-4-5-6-7-8-9-10-11-12-13-14-15-16-17-20-31-45-42-30-29-41(35(2)32-42)34-46-43(44)38-26-23-37(24-27-38)40-28-25-36-21-18-19-22-39(36)33-40/h18-19,21-30,32-33H,3-17,20,31,34H2,1-2H3. The fourth-order valence-electron chi connectivity index (χ4n) is 6.15. The van der Waals surface area contributed by atoms with E-state index >= 15 is 0 Å². The number of aryl methyl sites for hydroxylation is 1. The molecule has 0 aromatic heterocycles. The lowest BCUT2D eigenvalue weighted by Crippen LogP contribution is -2.06. The number of benzene rings is 4. The summed E-state index contributed by atoms with van der Waals surface area (Å²) in [5, 5.41) is 2.42. The molecule has 0 spiro atoms. The number of hydrogen-bond acceptors (Lipinski definition) is 3. The summed E-state index contributed by atoms with van der Waals surface area (Å²) < 4.78 is 11.7. The van der Waals surface area contributed by atoms with Crippen LogP contribution in [0.1, 0.15) is 131 Å². The normalized spacial score (nSPS) is 11.2. The Hall–Kier alpha value is -3.59. The van der Waals surface area contributed by atoms with Gasteiger partial charge in [-0.2, -0.15) is 0 Å². The van der Waals surface area contributed by atoms with E-state index in [1.54, 1.807) is 0 Å². The van der Waals surface area contributed by atoms with Crippen molar-refractivity contribution in [2.45, 2.75) is 123 Å². The van der Waals surface area contributed by atoms with Crippen molar-refractivity contribution in [2.75, 3.05) is 6.61 Å². The summed E-state index contributed by atoms with van der Waals surface area (Å²) in [6, 6.07) is 28.5. The molecule has 4 rings (SSSR count). The average molecular weight is 621 g/mol. The van der Waals surface area contributed by atoms with Crippen molar-refractivity contribution < 1.29 is 14.3 Å². The fraction of sp³-hybridized carbons (Fsp3) is 0.465. The number of ether oxygens (including phenoxy) is 2. The molecule has 3 nitrogen and oxygen atoms in total. The van der Waals surface area contributed by atoms with Crippen molar-refractivity contribution in [3.63, 3.8) is 0 Å². The highest BCUT2D eigenvalue weighted by atomic mass is 16.5. The lowest BCUT2D eigenvalue weighted by atomic mass is 10.0. The molecular weight excluding hydrogens is 564 g/mol. The monoisotopic (exact) mass is 620 g/mol. The molecular formula is C43H56O3. The third-order valence-corrected chi connectivity index (χ3v) is 9.14. The summed E-state index contributed by atoms with van der Waals surface area (Å²) in [5.41, 5.74) is 4.83. The molecule has 4 aromatic carbocycles. The molecule has 0 aliphatic carbocycles. The third kappa shape index (κ3) is 12.3. The summed E-state index contributed by atoms with van der Waals surface area (Å²) in [5.74, 6) is 0.575. The van der Waals surface area contributed by atoms with E-state index in [4.69, 9.17) is 9.47 Å². The second-order valence-electron chi connectivity index (χ2n) is 13.0. The van der Waals surface area contributed by atoms with Gasteiger partial charge in [0.05, 0.1) is 12.2 Å². The van der Waals surface area contributed by atoms with Gasteiger partial charge in [0.2, 0.25) is 0 Å². The van der Waals surface area contributed by atoms with Crippen LogP contribution in [0.2, 0.25) is 0 Å². The number of fused-ring (bicyclic) bond motifs is 1. The summed E-state index contributed by atoms with van der Waals surface area (Å²) in [4.78, 5) is 12.8. The highest BCUT2D eigenvalue weighted by molar-refractivity contribution is 5.91. The van der Waals surface area contributed by atoms with Crippen LogP contribution in [0.25, 0.3) is 21.9 Å². The van der Waals surface area contributed by atoms with Gasteiger partial charge in [-0.3, -0.25) is 0 Å². The van der Waals surface area contributed by atoms with Crippen LogP contribution < -0.4 is 4.74 Å². The van der Waals surface area contributed by atoms with Gasteiger partial charge in [-0.05, 0) is 76.7 Å². The van der Waals surface area contributed by atoms with Crippen molar-refractivity contribution >= 4 is 16.7 Å². The Bertz CT molecular complexity index is 1440. The van der Waals surface area contributed by atoms with Crippen LogP contribution in [0.3, 0.4) is 0 Å². The lowest BCUT2D eigenvalue weighted by molar-refractivity contribution is 0.0472. The first-order chi connectivity index (χ1) is 22.6. The molecule has 0 bridgehead atoms. The molecule has 4 aromatic rings. The van der Waals surface area contributed by atoms with Crippen molar-refractivity contribution in [1.82, 2.24) is 0 Å². The van der Waals surface area contributed by atoms with E-state index in [1.165, 1.54) is 107 Å². The van der Waals surface area contributed by atoms with Crippen LogP contribution in [0.15, 0.2) is 84.9 Å². The Balaban J connectivity index is 1.05. The molecule has 0 aliphatic heterocycles. The molecule has 0 heterocycles. The number of hydrogen-bond donors (Lipinski definition) is 0. The maximum atomic E-state index is 12.8. The summed E-state index contributed by atoms with van der Waals surface area (Å²) >= 11 is 0. The Labute approximate surface area is 278 Å². The Morgan fingerprint density at radius 2 is 1.13 bits per heavy atom. The molecule has 0 aliphatic rings. The summed E-state index contributed by atoms with van der Waals surface area (Å²) in [7, 11) is 0. The van der Waals surface area contributed by atoms with Gasteiger partial charge in [-0.25, -0.2) is 4.79 Å². The smallest absolute Gasteiger partial charge is 0.338 e. The van der Waals surface area contributed by atoms with E-state index in [0.29, 0.717) is 5.56 Å². The molecule has 0 N–H and O–H groups in total. The average Bonchev–Trinajstić information content (AvgIpc) is 3.09. The number of carbonyl (C=O) groups is 1. The Morgan fingerprint density at radius 3 is 1.74 bits per heavy atom. The quantitative estimate of drug-likeness (QED) is 0.0648. The maximum Gasteiger partial charge on any atom is 0.338 e. The molecule has 246 valence electrons. The minimum absolute atomic E-state index is 0.247. The minimum atomic E-state index is -0.312. The number of esters is 1. The van der Waals surface area contributed by atoms with Gasteiger partial charge in [0.25, 0.3) is 0 Å². The third-order valence-electron chi connectivity index (χ3n) is 9.14. The molecule has 0 amide bonds. The van der Waals surface area contributed by atoms with E-state index in [-0.39, 0.29) is 12.6 Å². The molecule has 46 heavy (non-hydrogen) atoms. The first-order valence-electron chi connectivity index (χ1n) is 18.1. The topological polar surface area (TPSA) is 35.5 Å². The van der Waals surface area contributed by atoms with Crippen LogP contribution in [-0.4, -0.2) is 12.6 Å². The molecule has 0 radical (unpaired) electrons. The fourth-order valence-corrected chi connectivity index (χ4v) is 6.15. The van der Waals surface area contributed by atoms with Gasteiger partial charge >= 0.3 is 5.97 Å². The molecule has 0 saturated heterocycles. The zero-order valence-corrected chi connectivity index (χ0v) is 28.5. The van der Waals surface area contributed by atoms with Crippen molar-refractivity contribution in [3.05, 3.63) is 102 Å². The van der Waals surface area contributed by atoms with E-state index in [9.17, 15) is 4.79 Å². The molecule has 0 saturated carbocycles. The Morgan fingerprint density at radius 1 is 0.565 bits per heavy atom. The first kappa shape index (κ1) is 35.3. The van der Waals surface area contributed by atoms with Gasteiger partial charge in [-0.15, -0.1) is 0 Å². The van der Waals surface area contributed by atoms with Gasteiger partial charge < -0.3 is 9.47 Å². The van der Waals surface area contributed by atoms with Crippen LogP contribution >= 0.6 is 0 Å². The molecule has 0 fully saturated rings. The van der Waals surface area contributed by atoms with E-state index < -0.39 is 0 Å². The number of rotatable bonds is 22. The van der Waals surface area contributed by atoms with E-state index in [2.05, 4.69) is 49.4 Å². The van der Waals surface area contributed by atoms with Crippen molar-refractivity contribution in [3.8, 4) is 16.9 Å². The number of unbranched alkanes of at least 4 members (excludes halogenated alkanes) is 15. The summed E-state index contributed by atoms with van der Waals surface area (Å²) in [6.07, 6.45) is 21.9. The molecule has 0 unspecified atom stereocenters. The SMILES string of the molecule is CCCCCCCCCCCCCCCCCCOc1ccc(COC(=O)c2ccc(-c3ccc4ccccc4c3)cc2)c(C)c1. The second kappa shape index (κ2) is 20.5. The van der Waals surface area contributed by atoms with Gasteiger partial charge in [0, 0.05) is 0 Å². The zero-order valence-electron chi connectivity index (χ0n) is 28.5. The predicted molar refractivity (Wildman–Crippen MR) is 195 cm³/mol. The Kier molecular flexibility index (Phi) is 15.7. The predicted octanol–water partition coefficient (Wildman–Crippen LogP) is 12.8. The first-order valence-corrected chi connectivity index (χ1v) is 18.1. The largest absolute Gasteiger partial charge is 0.494 e. The van der Waals surface area contributed by atoms with Crippen molar-refractivity contribution in [1.29, 1.82) is 0 Å². The van der Waals surface area contributed by atoms with Crippen LogP contribution in [0.5, 0.6) is 5.75 Å². The van der Waals surface area contributed by atoms with E-state index in [1.807, 2.05) is 49.4 Å². The van der Waals surface area contributed by atoms with Gasteiger partial charge in [0.15, 0.2) is 0 Å². The van der Waals surface area contributed by atoms with Crippen molar-refractivity contribution in [2.24, 2.45) is 0 Å². The van der Waals surface area contributed by atoms with Crippen LogP contribution in [-0.2, 0) is 11.3 Å². The highest BCUT2D eigenvalue weighted by Gasteiger charge is 2.10. The minimum Gasteiger partial charge on any atom is -0.494 e. The second-order valence-corrected chi connectivity index (χ2v) is 13.0.